The van der Waals surface area contributed by atoms with Crippen molar-refractivity contribution in [2.24, 2.45) is 0 Å². The summed E-state index contributed by atoms with van der Waals surface area (Å²) in [5, 5.41) is 2.81. The van der Waals surface area contributed by atoms with Gasteiger partial charge < -0.3 is 10.1 Å². The summed E-state index contributed by atoms with van der Waals surface area (Å²) < 4.78 is 5.58. The van der Waals surface area contributed by atoms with Crippen molar-refractivity contribution in [3.63, 3.8) is 0 Å². The van der Waals surface area contributed by atoms with E-state index in [1.54, 1.807) is 36.5 Å². The van der Waals surface area contributed by atoms with Gasteiger partial charge in [0.2, 0.25) is 0 Å². The molecule has 0 radical (unpaired) electrons. The van der Waals surface area contributed by atoms with E-state index in [2.05, 4.69) is 10.3 Å². The number of nitrogens with zero attached hydrogens (tertiary/aromatic N) is 1. The van der Waals surface area contributed by atoms with Gasteiger partial charge in [-0.05, 0) is 55.8 Å². The van der Waals surface area contributed by atoms with Crippen LogP contribution in [0, 0.1) is 0 Å². The summed E-state index contributed by atoms with van der Waals surface area (Å²) in [6, 6.07) is 20.8. The van der Waals surface area contributed by atoms with Crippen LogP contribution in [0.1, 0.15) is 24.2 Å². The van der Waals surface area contributed by atoms with Gasteiger partial charge in [0.1, 0.15) is 11.6 Å². The van der Waals surface area contributed by atoms with Crippen LogP contribution in [0.5, 0.6) is 5.75 Å². The molecule has 1 aromatic heterocycles. The Hall–Kier alpha value is -3.14. The average Bonchev–Trinajstić information content (AvgIpc) is 2.63. The van der Waals surface area contributed by atoms with Gasteiger partial charge in [0, 0.05) is 17.3 Å². The minimum absolute atomic E-state index is 0.104. The Morgan fingerprint density at radius 2 is 1.64 bits per heavy atom. The molecule has 4 heteroatoms. The molecular formula is C21H20N2O2. The lowest BCUT2D eigenvalue weighted by atomic mass is 10.1. The van der Waals surface area contributed by atoms with Crippen LogP contribution in [0.3, 0.4) is 0 Å². The molecule has 126 valence electrons. The Labute approximate surface area is 147 Å². The van der Waals surface area contributed by atoms with E-state index in [1.165, 1.54) is 0 Å². The predicted octanol–water partition coefficient (Wildman–Crippen LogP) is 4.79. The van der Waals surface area contributed by atoms with Gasteiger partial charge in [-0.1, -0.05) is 30.3 Å². The smallest absolute Gasteiger partial charge is 0.256 e. The summed E-state index contributed by atoms with van der Waals surface area (Å²) in [6.45, 7) is 3.93. The zero-order chi connectivity index (χ0) is 17.6. The minimum Gasteiger partial charge on any atom is -0.491 e. The largest absolute Gasteiger partial charge is 0.491 e. The number of rotatable bonds is 5. The highest BCUT2D eigenvalue weighted by molar-refractivity contribution is 6.03. The lowest BCUT2D eigenvalue weighted by Gasteiger charge is -2.10. The van der Waals surface area contributed by atoms with E-state index in [1.807, 2.05) is 50.2 Å². The first-order valence-corrected chi connectivity index (χ1v) is 8.21. The van der Waals surface area contributed by atoms with Gasteiger partial charge in [0.25, 0.3) is 5.91 Å². The van der Waals surface area contributed by atoms with Crippen molar-refractivity contribution in [1.82, 2.24) is 4.98 Å². The molecular weight excluding hydrogens is 312 g/mol. The maximum absolute atomic E-state index is 12.3. The monoisotopic (exact) mass is 332 g/mol. The van der Waals surface area contributed by atoms with Crippen LogP contribution in [-0.4, -0.2) is 17.0 Å². The van der Waals surface area contributed by atoms with E-state index in [9.17, 15) is 4.79 Å². The zero-order valence-electron chi connectivity index (χ0n) is 14.3. The molecule has 0 aliphatic carbocycles. The molecule has 4 nitrogen and oxygen atoms in total. The number of benzene rings is 2. The van der Waals surface area contributed by atoms with Gasteiger partial charge in [0.05, 0.1) is 6.10 Å². The maximum Gasteiger partial charge on any atom is 0.256 e. The lowest BCUT2D eigenvalue weighted by Crippen LogP contribution is -2.13. The molecule has 25 heavy (non-hydrogen) atoms. The number of pyridine rings is 1. The Morgan fingerprint density at radius 1 is 0.920 bits per heavy atom. The number of hydrogen-bond donors (Lipinski definition) is 1. The van der Waals surface area contributed by atoms with Crippen LogP contribution in [0.15, 0.2) is 72.9 Å². The maximum atomic E-state index is 12.3. The van der Waals surface area contributed by atoms with Crippen LogP contribution in [-0.2, 0) is 0 Å². The second-order valence-corrected chi connectivity index (χ2v) is 5.94. The lowest BCUT2D eigenvalue weighted by molar-refractivity contribution is 0.102. The van der Waals surface area contributed by atoms with Crippen LogP contribution >= 0.6 is 0 Å². The number of ether oxygens (including phenoxy) is 1. The first kappa shape index (κ1) is 16.7. The van der Waals surface area contributed by atoms with E-state index in [-0.39, 0.29) is 12.0 Å². The van der Waals surface area contributed by atoms with E-state index in [0.29, 0.717) is 11.4 Å². The number of nitrogens with one attached hydrogen (secondary N) is 1. The highest BCUT2D eigenvalue weighted by Gasteiger charge is 2.08. The van der Waals surface area contributed by atoms with E-state index < -0.39 is 0 Å². The summed E-state index contributed by atoms with van der Waals surface area (Å²) in [6.07, 6.45) is 1.86. The topological polar surface area (TPSA) is 51.2 Å². The van der Waals surface area contributed by atoms with Gasteiger partial charge in [-0.2, -0.15) is 0 Å². The van der Waals surface area contributed by atoms with Crippen molar-refractivity contribution in [2.75, 3.05) is 5.32 Å². The quantitative estimate of drug-likeness (QED) is 0.731. The van der Waals surface area contributed by atoms with Gasteiger partial charge in [-0.25, -0.2) is 4.98 Å². The highest BCUT2D eigenvalue weighted by atomic mass is 16.5. The fourth-order valence-electron chi connectivity index (χ4n) is 2.41. The fourth-order valence-corrected chi connectivity index (χ4v) is 2.41. The molecule has 2 aromatic carbocycles. The van der Waals surface area contributed by atoms with E-state index >= 15 is 0 Å². The molecule has 0 atom stereocenters. The van der Waals surface area contributed by atoms with Gasteiger partial charge in [-0.15, -0.1) is 0 Å². The van der Waals surface area contributed by atoms with Gasteiger partial charge in [-0.3, -0.25) is 4.79 Å². The third-order valence-electron chi connectivity index (χ3n) is 3.60. The number of aromatic nitrogens is 1. The number of anilines is 1. The number of carbonyl (C=O) groups is 1. The standard InChI is InChI=1S/C21H20N2O2/c1-15(2)25-19-11-8-17(9-12-19)21(24)23-20-13-10-18(14-22-20)16-6-4-3-5-7-16/h3-15H,1-2H3,(H,22,23,24). The van der Waals surface area contributed by atoms with Crippen molar-refractivity contribution >= 4 is 11.7 Å². The number of hydrogen-bond acceptors (Lipinski definition) is 3. The molecule has 3 aromatic rings. The van der Waals surface area contributed by atoms with Crippen molar-refractivity contribution in [2.45, 2.75) is 20.0 Å². The zero-order valence-corrected chi connectivity index (χ0v) is 14.3. The van der Waals surface area contributed by atoms with Gasteiger partial charge >= 0.3 is 0 Å². The third-order valence-corrected chi connectivity index (χ3v) is 3.60. The fraction of sp³-hybridized carbons (Fsp3) is 0.143. The van der Waals surface area contributed by atoms with Crippen LogP contribution < -0.4 is 10.1 Å². The Morgan fingerprint density at radius 3 is 2.24 bits per heavy atom. The number of amides is 1. The van der Waals surface area contributed by atoms with Crippen LogP contribution in [0.25, 0.3) is 11.1 Å². The molecule has 0 saturated heterocycles. The summed E-state index contributed by atoms with van der Waals surface area (Å²) in [5.41, 5.74) is 2.66. The summed E-state index contributed by atoms with van der Waals surface area (Å²) in [7, 11) is 0. The second-order valence-electron chi connectivity index (χ2n) is 5.94. The van der Waals surface area contributed by atoms with Crippen molar-refractivity contribution in [3.8, 4) is 16.9 Å². The average molecular weight is 332 g/mol. The predicted molar refractivity (Wildman–Crippen MR) is 99.8 cm³/mol. The Kier molecular flexibility index (Phi) is 5.09. The van der Waals surface area contributed by atoms with Gasteiger partial charge in [0.15, 0.2) is 0 Å². The van der Waals surface area contributed by atoms with Crippen molar-refractivity contribution < 1.29 is 9.53 Å². The van der Waals surface area contributed by atoms with E-state index in [4.69, 9.17) is 4.74 Å². The normalized spacial score (nSPS) is 10.5. The first-order valence-electron chi connectivity index (χ1n) is 8.21. The Balaban J connectivity index is 1.66. The molecule has 0 saturated carbocycles. The molecule has 0 fully saturated rings. The van der Waals surface area contributed by atoms with E-state index in [0.717, 1.165) is 16.9 Å². The molecule has 1 N–H and O–H groups in total. The highest BCUT2D eigenvalue weighted by Crippen LogP contribution is 2.19. The van der Waals surface area contributed by atoms with Crippen molar-refractivity contribution in [3.05, 3.63) is 78.5 Å². The SMILES string of the molecule is CC(C)Oc1ccc(C(=O)Nc2ccc(-c3ccccc3)cn2)cc1. The first-order chi connectivity index (χ1) is 12.1. The molecule has 0 unspecified atom stereocenters. The molecule has 0 bridgehead atoms. The van der Waals surface area contributed by atoms with Crippen LogP contribution in [0.2, 0.25) is 0 Å². The minimum atomic E-state index is -0.198. The molecule has 0 aliphatic rings. The molecule has 0 aliphatic heterocycles. The van der Waals surface area contributed by atoms with Crippen LogP contribution in [0.4, 0.5) is 5.82 Å². The summed E-state index contributed by atoms with van der Waals surface area (Å²) >= 11 is 0. The third kappa shape index (κ3) is 4.44. The Bertz CT molecular complexity index is 826. The molecule has 1 heterocycles. The molecule has 1 amide bonds. The summed E-state index contributed by atoms with van der Waals surface area (Å²) in [5.74, 6) is 1.07. The van der Waals surface area contributed by atoms with Crippen molar-refractivity contribution in [1.29, 1.82) is 0 Å². The molecule has 3 rings (SSSR count). The summed E-state index contributed by atoms with van der Waals surface area (Å²) in [4.78, 5) is 16.6. The molecule has 0 spiro atoms. The number of carbonyl (C=O) groups excluding carboxylic acids is 1. The second kappa shape index (κ2) is 7.62.